The van der Waals surface area contributed by atoms with Crippen molar-refractivity contribution in [1.29, 1.82) is 0 Å². The Bertz CT molecular complexity index is 540. The molecule has 0 aromatic heterocycles. The smallest absolute Gasteiger partial charge is 0.313 e. The van der Waals surface area contributed by atoms with Gasteiger partial charge in [0, 0.05) is 35.4 Å². The fourth-order valence-electron chi connectivity index (χ4n) is 2.35. The van der Waals surface area contributed by atoms with E-state index in [-0.39, 0.29) is 0 Å². The Labute approximate surface area is 138 Å². The van der Waals surface area contributed by atoms with Crippen LogP contribution in [-0.4, -0.2) is 54.3 Å². The van der Waals surface area contributed by atoms with Crippen LogP contribution in [0.1, 0.15) is 12.5 Å². The van der Waals surface area contributed by atoms with E-state index in [9.17, 15) is 9.59 Å². The third-order valence-electron chi connectivity index (χ3n) is 3.74. The van der Waals surface area contributed by atoms with E-state index in [0.29, 0.717) is 18.8 Å². The van der Waals surface area contributed by atoms with E-state index in [2.05, 4.69) is 39.7 Å². The largest absolute Gasteiger partial charge is 0.332 e. The van der Waals surface area contributed by atoms with Gasteiger partial charge < -0.3 is 15.1 Å². The minimum atomic E-state index is -0.552. The first-order chi connectivity index (χ1) is 10.0. The van der Waals surface area contributed by atoms with Crippen molar-refractivity contribution in [1.82, 2.24) is 9.80 Å². The summed E-state index contributed by atoms with van der Waals surface area (Å²) in [6.45, 7) is 7.90. The number of anilines is 1. The highest BCUT2D eigenvalue weighted by molar-refractivity contribution is 14.1. The van der Waals surface area contributed by atoms with E-state index in [1.165, 1.54) is 0 Å². The summed E-state index contributed by atoms with van der Waals surface area (Å²) in [7, 11) is 0. The van der Waals surface area contributed by atoms with Gasteiger partial charge in [-0.2, -0.15) is 0 Å². The molecule has 0 unspecified atom stereocenters. The molecule has 1 fully saturated rings. The van der Waals surface area contributed by atoms with E-state index >= 15 is 0 Å². The van der Waals surface area contributed by atoms with Gasteiger partial charge in [-0.3, -0.25) is 9.59 Å². The molecule has 1 heterocycles. The van der Waals surface area contributed by atoms with Crippen LogP contribution < -0.4 is 5.32 Å². The van der Waals surface area contributed by atoms with Gasteiger partial charge in [0.05, 0.1) is 0 Å². The van der Waals surface area contributed by atoms with Gasteiger partial charge in [-0.25, -0.2) is 0 Å². The van der Waals surface area contributed by atoms with Crippen molar-refractivity contribution in [3.63, 3.8) is 0 Å². The highest BCUT2D eigenvalue weighted by atomic mass is 127. The first-order valence-electron chi connectivity index (χ1n) is 7.10. The number of nitrogens with one attached hydrogen (secondary N) is 1. The number of benzene rings is 1. The Hall–Kier alpha value is -1.15. The number of rotatable bonds is 2. The molecule has 114 valence electrons. The number of amides is 2. The van der Waals surface area contributed by atoms with Crippen LogP contribution in [0.25, 0.3) is 0 Å². The van der Waals surface area contributed by atoms with Crippen LogP contribution in [0, 0.1) is 10.5 Å². The van der Waals surface area contributed by atoms with Crippen LogP contribution in [0.15, 0.2) is 18.2 Å². The fourth-order valence-corrected chi connectivity index (χ4v) is 3.00. The Morgan fingerprint density at radius 1 is 1.24 bits per heavy atom. The molecule has 1 N–H and O–H groups in total. The SMILES string of the molecule is CCN1CCN(C(=O)C(=O)Nc2ccc(I)cc2C)CC1. The average molecular weight is 401 g/mol. The number of halogens is 1. The van der Waals surface area contributed by atoms with E-state index in [1.807, 2.05) is 25.1 Å². The molecule has 1 aromatic carbocycles. The highest BCUT2D eigenvalue weighted by Gasteiger charge is 2.25. The van der Waals surface area contributed by atoms with Crippen molar-refractivity contribution in [3.8, 4) is 0 Å². The predicted molar refractivity (Wildman–Crippen MR) is 91.2 cm³/mol. The number of hydrogen-bond donors (Lipinski definition) is 1. The number of likely N-dealkylation sites (N-methyl/N-ethyl adjacent to an activating group) is 1. The molecule has 1 aliphatic heterocycles. The molecule has 0 saturated carbocycles. The average Bonchev–Trinajstić information content (AvgIpc) is 2.49. The van der Waals surface area contributed by atoms with Gasteiger partial charge in [-0.15, -0.1) is 0 Å². The number of carbonyl (C=O) groups excluding carboxylic acids is 2. The zero-order valence-electron chi connectivity index (χ0n) is 12.4. The van der Waals surface area contributed by atoms with E-state index in [0.717, 1.165) is 28.8 Å². The van der Waals surface area contributed by atoms with Gasteiger partial charge >= 0.3 is 11.8 Å². The van der Waals surface area contributed by atoms with Crippen LogP contribution in [-0.2, 0) is 9.59 Å². The zero-order valence-corrected chi connectivity index (χ0v) is 14.5. The normalized spacial score (nSPS) is 15.9. The molecular weight excluding hydrogens is 381 g/mol. The summed E-state index contributed by atoms with van der Waals surface area (Å²) in [6.07, 6.45) is 0. The van der Waals surface area contributed by atoms with Gasteiger partial charge in [0.1, 0.15) is 0 Å². The van der Waals surface area contributed by atoms with E-state index < -0.39 is 11.8 Å². The summed E-state index contributed by atoms with van der Waals surface area (Å²) < 4.78 is 1.10. The predicted octanol–water partition coefficient (Wildman–Crippen LogP) is 1.70. The number of carbonyl (C=O) groups is 2. The monoisotopic (exact) mass is 401 g/mol. The summed E-state index contributed by atoms with van der Waals surface area (Å²) >= 11 is 2.22. The van der Waals surface area contributed by atoms with Gasteiger partial charge in [-0.1, -0.05) is 6.92 Å². The maximum absolute atomic E-state index is 12.2. The van der Waals surface area contributed by atoms with Crippen molar-refractivity contribution >= 4 is 40.1 Å². The third-order valence-corrected chi connectivity index (χ3v) is 4.41. The molecule has 0 radical (unpaired) electrons. The maximum Gasteiger partial charge on any atom is 0.313 e. The molecule has 5 nitrogen and oxygen atoms in total. The lowest BCUT2D eigenvalue weighted by molar-refractivity contribution is -0.144. The summed E-state index contributed by atoms with van der Waals surface area (Å²) in [5, 5.41) is 2.71. The summed E-state index contributed by atoms with van der Waals surface area (Å²) in [5.74, 6) is -0.993. The number of aryl methyl sites for hydroxylation is 1. The second-order valence-corrected chi connectivity index (χ2v) is 6.39. The summed E-state index contributed by atoms with van der Waals surface area (Å²) in [4.78, 5) is 28.1. The molecule has 0 bridgehead atoms. The minimum absolute atomic E-state index is 0.441. The molecule has 0 spiro atoms. The van der Waals surface area contributed by atoms with Crippen molar-refractivity contribution in [2.75, 3.05) is 38.0 Å². The van der Waals surface area contributed by atoms with Crippen molar-refractivity contribution in [3.05, 3.63) is 27.3 Å². The minimum Gasteiger partial charge on any atom is -0.332 e. The number of piperazine rings is 1. The van der Waals surface area contributed by atoms with Crippen molar-refractivity contribution in [2.45, 2.75) is 13.8 Å². The van der Waals surface area contributed by atoms with Crippen molar-refractivity contribution < 1.29 is 9.59 Å². The Kier molecular flexibility index (Phi) is 5.58. The Balaban J connectivity index is 1.95. The van der Waals surface area contributed by atoms with Crippen molar-refractivity contribution in [2.24, 2.45) is 0 Å². The van der Waals surface area contributed by atoms with Crippen LogP contribution in [0.5, 0.6) is 0 Å². The topological polar surface area (TPSA) is 52.7 Å². The fraction of sp³-hybridized carbons (Fsp3) is 0.467. The second kappa shape index (κ2) is 7.22. The van der Waals surface area contributed by atoms with Gasteiger partial charge in [0.2, 0.25) is 0 Å². The molecular formula is C15H20IN3O2. The third kappa shape index (κ3) is 4.16. The van der Waals surface area contributed by atoms with Crippen LogP contribution in [0.2, 0.25) is 0 Å². The van der Waals surface area contributed by atoms with E-state index in [1.54, 1.807) is 4.90 Å². The lowest BCUT2D eigenvalue weighted by atomic mass is 10.2. The lowest BCUT2D eigenvalue weighted by Gasteiger charge is -2.33. The quantitative estimate of drug-likeness (QED) is 0.607. The second-order valence-electron chi connectivity index (χ2n) is 5.14. The Morgan fingerprint density at radius 2 is 1.90 bits per heavy atom. The van der Waals surface area contributed by atoms with Gasteiger partial charge in [0.25, 0.3) is 0 Å². The molecule has 6 heteroatoms. The molecule has 0 atom stereocenters. The standard InChI is InChI=1S/C15H20IN3O2/c1-3-18-6-8-19(9-7-18)15(21)14(20)17-13-5-4-12(16)10-11(13)2/h4-5,10H,3,6-9H2,1-2H3,(H,17,20). The summed E-state index contributed by atoms with van der Waals surface area (Å²) in [6, 6.07) is 5.71. The van der Waals surface area contributed by atoms with Crippen LogP contribution in [0.4, 0.5) is 5.69 Å². The lowest BCUT2D eigenvalue weighted by Crippen LogP contribution is -2.51. The zero-order chi connectivity index (χ0) is 15.4. The molecule has 21 heavy (non-hydrogen) atoms. The van der Waals surface area contributed by atoms with E-state index in [4.69, 9.17) is 0 Å². The summed E-state index contributed by atoms with van der Waals surface area (Å²) in [5.41, 5.74) is 1.65. The van der Waals surface area contributed by atoms with Crippen LogP contribution >= 0.6 is 22.6 Å². The molecule has 1 aromatic rings. The van der Waals surface area contributed by atoms with Gasteiger partial charge in [-0.05, 0) is 59.8 Å². The first kappa shape index (κ1) is 16.2. The molecule has 1 aliphatic rings. The Morgan fingerprint density at radius 3 is 2.48 bits per heavy atom. The van der Waals surface area contributed by atoms with Gasteiger partial charge in [0.15, 0.2) is 0 Å². The highest BCUT2D eigenvalue weighted by Crippen LogP contribution is 2.17. The maximum atomic E-state index is 12.2. The molecule has 1 saturated heterocycles. The molecule has 2 amide bonds. The molecule has 2 rings (SSSR count). The van der Waals surface area contributed by atoms with Crippen LogP contribution in [0.3, 0.4) is 0 Å². The number of nitrogens with zero attached hydrogens (tertiary/aromatic N) is 2. The first-order valence-corrected chi connectivity index (χ1v) is 8.18. The molecule has 0 aliphatic carbocycles. The number of hydrogen-bond acceptors (Lipinski definition) is 3.